The lowest BCUT2D eigenvalue weighted by molar-refractivity contribution is -0.167. The maximum atomic E-state index is 12.9. The molecule has 0 spiro atoms. The van der Waals surface area contributed by atoms with Crippen LogP contribution in [0.15, 0.2) is 12.2 Å². The molecule has 0 saturated heterocycles. The maximum absolute atomic E-state index is 12.9. The molecule has 1 atom stereocenters. The SMILES string of the molecule is CCCCCCCC/C=C\CCCCCCCCCCCCCC(=O)O[C@@H](COC(=O)CCCCCCCCCCCCCCCCC)COC(=O)CCCCCCCCCCCCCCCCCCCCC. The zero-order valence-corrected chi connectivity index (χ0v) is 49.7. The zero-order valence-electron chi connectivity index (χ0n) is 49.7. The third kappa shape index (κ3) is 60.9. The molecule has 0 aromatic rings. The Kier molecular flexibility index (Phi) is 61.1. The number of hydrogen-bond donors (Lipinski definition) is 0. The van der Waals surface area contributed by atoms with E-state index < -0.39 is 6.10 Å². The van der Waals surface area contributed by atoms with Gasteiger partial charge >= 0.3 is 17.9 Å². The average Bonchev–Trinajstić information content (AvgIpc) is 3.39. The Bertz CT molecular complexity index is 1130. The van der Waals surface area contributed by atoms with Crippen LogP contribution in [0.1, 0.15) is 380 Å². The maximum Gasteiger partial charge on any atom is 0.306 e. The molecule has 0 radical (unpaired) electrons. The topological polar surface area (TPSA) is 78.9 Å². The predicted octanol–water partition coefficient (Wildman–Crippen LogP) is 22.4. The molecule has 0 aliphatic carbocycles. The molecular formula is C67H128O6. The van der Waals surface area contributed by atoms with Gasteiger partial charge in [0.05, 0.1) is 0 Å². The summed E-state index contributed by atoms with van der Waals surface area (Å²) in [5.74, 6) is -0.830. The third-order valence-electron chi connectivity index (χ3n) is 15.3. The smallest absolute Gasteiger partial charge is 0.306 e. The quantitative estimate of drug-likeness (QED) is 0.0261. The van der Waals surface area contributed by atoms with Crippen LogP contribution >= 0.6 is 0 Å². The van der Waals surface area contributed by atoms with E-state index in [-0.39, 0.29) is 31.1 Å². The summed E-state index contributed by atoms with van der Waals surface area (Å²) in [6.45, 7) is 6.72. The van der Waals surface area contributed by atoms with Crippen molar-refractivity contribution in [3.8, 4) is 0 Å². The molecule has 0 aliphatic rings. The van der Waals surface area contributed by atoms with E-state index in [2.05, 4.69) is 32.9 Å². The largest absolute Gasteiger partial charge is 0.462 e. The summed E-state index contributed by atoms with van der Waals surface area (Å²) in [7, 11) is 0. The van der Waals surface area contributed by atoms with Crippen LogP contribution in [0, 0.1) is 0 Å². The van der Waals surface area contributed by atoms with E-state index in [0.717, 1.165) is 57.8 Å². The highest BCUT2D eigenvalue weighted by Gasteiger charge is 2.19. The van der Waals surface area contributed by atoms with Crippen molar-refractivity contribution in [3.05, 3.63) is 12.2 Å². The molecule has 0 bridgehead atoms. The molecule has 0 heterocycles. The van der Waals surface area contributed by atoms with Crippen molar-refractivity contribution in [1.82, 2.24) is 0 Å². The highest BCUT2D eigenvalue weighted by molar-refractivity contribution is 5.71. The fraction of sp³-hybridized carbons (Fsp3) is 0.925. The minimum absolute atomic E-state index is 0.0632. The Morgan fingerprint density at radius 1 is 0.260 bits per heavy atom. The molecule has 0 rings (SSSR count). The van der Waals surface area contributed by atoms with Crippen LogP contribution in [-0.2, 0) is 28.6 Å². The monoisotopic (exact) mass is 1030 g/mol. The number of rotatable bonds is 62. The zero-order chi connectivity index (χ0) is 52.9. The van der Waals surface area contributed by atoms with Gasteiger partial charge in [0.25, 0.3) is 0 Å². The van der Waals surface area contributed by atoms with Gasteiger partial charge in [-0.15, -0.1) is 0 Å². The second kappa shape index (κ2) is 62.7. The summed E-state index contributed by atoms with van der Waals surface area (Å²) in [6, 6.07) is 0. The first kappa shape index (κ1) is 71.2. The van der Waals surface area contributed by atoms with Gasteiger partial charge in [-0.1, -0.05) is 328 Å². The van der Waals surface area contributed by atoms with E-state index >= 15 is 0 Å². The lowest BCUT2D eigenvalue weighted by atomic mass is 10.0. The van der Waals surface area contributed by atoms with Crippen molar-refractivity contribution in [2.45, 2.75) is 386 Å². The fourth-order valence-corrected chi connectivity index (χ4v) is 10.3. The van der Waals surface area contributed by atoms with Crippen molar-refractivity contribution in [1.29, 1.82) is 0 Å². The van der Waals surface area contributed by atoms with Crippen LogP contribution < -0.4 is 0 Å². The van der Waals surface area contributed by atoms with E-state index in [1.165, 1.54) is 283 Å². The summed E-state index contributed by atoms with van der Waals surface area (Å²) in [4.78, 5) is 38.4. The minimum atomic E-state index is -0.766. The van der Waals surface area contributed by atoms with Gasteiger partial charge in [0, 0.05) is 19.3 Å². The normalized spacial score (nSPS) is 12.0. The highest BCUT2D eigenvalue weighted by Crippen LogP contribution is 2.18. The Hall–Kier alpha value is -1.85. The number of carbonyl (C=O) groups excluding carboxylic acids is 3. The summed E-state index contributed by atoms with van der Waals surface area (Å²) >= 11 is 0. The number of hydrogen-bond acceptors (Lipinski definition) is 6. The van der Waals surface area contributed by atoms with Gasteiger partial charge in [-0.05, 0) is 44.9 Å². The van der Waals surface area contributed by atoms with Gasteiger partial charge in [0.2, 0.25) is 0 Å². The number of unbranched alkanes of at least 4 members (excludes halogenated alkanes) is 49. The van der Waals surface area contributed by atoms with Crippen molar-refractivity contribution < 1.29 is 28.6 Å². The van der Waals surface area contributed by atoms with Gasteiger partial charge in [0.1, 0.15) is 13.2 Å². The van der Waals surface area contributed by atoms with E-state index in [1.807, 2.05) is 0 Å². The van der Waals surface area contributed by atoms with Crippen LogP contribution in [0.2, 0.25) is 0 Å². The van der Waals surface area contributed by atoms with E-state index in [9.17, 15) is 14.4 Å². The van der Waals surface area contributed by atoms with Crippen LogP contribution in [0.5, 0.6) is 0 Å². The van der Waals surface area contributed by atoms with Crippen LogP contribution in [0.3, 0.4) is 0 Å². The third-order valence-corrected chi connectivity index (χ3v) is 15.3. The predicted molar refractivity (Wildman–Crippen MR) is 317 cm³/mol. The van der Waals surface area contributed by atoms with Crippen molar-refractivity contribution in [3.63, 3.8) is 0 Å². The van der Waals surface area contributed by atoms with E-state index in [0.29, 0.717) is 19.3 Å². The van der Waals surface area contributed by atoms with Crippen LogP contribution in [-0.4, -0.2) is 37.2 Å². The van der Waals surface area contributed by atoms with Gasteiger partial charge in [-0.2, -0.15) is 0 Å². The van der Waals surface area contributed by atoms with Gasteiger partial charge in [-0.3, -0.25) is 14.4 Å². The Balaban J connectivity index is 4.28. The minimum Gasteiger partial charge on any atom is -0.462 e. The van der Waals surface area contributed by atoms with Crippen molar-refractivity contribution >= 4 is 17.9 Å². The van der Waals surface area contributed by atoms with Crippen LogP contribution in [0.4, 0.5) is 0 Å². The second-order valence-corrected chi connectivity index (χ2v) is 22.7. The molecular weight excluding hydrogens is 901 g/mol. The first-order valence-electron chi connectivity index (χ1n) is 33.2. The van der Waals surface area contributed by atoms with Crippen molar-refractivity contribution in [2.24, 2.45) is 0 Å². The molecule has 0 N–H and O–H groups in total. The first-order valence-corrected chi connectivity index (χ1v) is 33.2. The van der Waals surface area contributed by atoms with Gasteiger partial charge in [0.15, 0.2) is 6.10 Å². The molecule has 0 aromatic carbocycles. The van der Waals surface area contributed by atoms with E-state index in [1.54, 1.807) is 0 Å². The lowest BCUT2D eigenvalue weighted by Gasteiger charge is -2.18. The molecule has 0 aliphatic heterocycles. The van der Waals surface area contributed by atoms with Gasteiger partial charge < -0.3 is 14.2 Å². The summed E-state index contributed by atoms with van der Waals surface area (Å²) in [5.41, 5.74) is 0. The van der Waals surface area contributed by atoms with Crippen LogP contribution in [0.25, 0.3) is 0 Å². The second-order valence-electron chi connectivity index (χ2n) is 22.7. The highest BCUT2D eigenvalue weighted by atomic mass is 16.6. The summed E-state index contributed by atoms with van der Waals surface area (Å²) < 4.78 is 17.0. The Labute approximate surface area is 456 Å². The summed E-state index contributed by atoms with van der Waals surface area (Å²) in [5, 5.41) is 0. The lowest BCUT2D eigenvalue weighted by Crippen LogP contribution is -2.30. The molecule has 6 nitrogen and oxygen atoms in total. The Morgan fingerprint density at radius 2 is 0.452 bits per heavy atom. The molecule has 432 valence electrons. The molecule has 0 aromatic heterocycles. The number of esters is 3. The number of carbonyl (C=O) groups is 3. The molecule has 0 saturated carbocycles. The molecule has 0 amide bonds. The molecule has 73 heavy (non-hydrogen) atoms. The van der Waals surface area contributed by atoms with Gasteiger partial charge in [-0.25, -0.2) is 0 Å². The standard InChI is InChI=1S/C67H128O6/c1-4-7-10-13-16-19-22-25-28-30-32-33-35-37-40-43-46-49-52-55-58-61-67(70)73-64(62-71-65(68)59-56-53-50-47-44-41-38-27-24-21-18-15-12-9-6-3)63-72-66(69)60-57-54-51-48-45-42-39-36-34-31-29-26-23-20-17-14-11-8-5-2/h25,28,64H,4-24,26-27,29-63H2,1-3H3/b28-25-/t64-/m0/s1. The summed E-state index contributed by atoms with van der Waals surface area (Å²) in [6.07, 6.45) is 73.6. The molecule has 0 fully saturated rings. The number of allylic oxidation sites excluding steroid dienone is 2. The fourth-order valence-electron chi connectivity index (χ4n) is 10.3. The average molecular weight is 1030 g/mol. The number of ether oxygens (including phenoxy) is 3. The Morgan fingerprint density at radius 3 is 0.685 bits per heavy atom. The van der Waals surface area contributed by atoms with E-state index in [4.69, 9.17) is 14.2 Å². The first-order chi connectivity index (χ1) is 36.0. The molecule has 6 heteroatoms. The molecule has 0 unspecified atom stereocenters. The van der Waals surface area contributed by atoms with Crippen molar-refractivity contribution in [2.75, 3.05) is 13.2 Å².